The van der Waals surface area contributed by atoms with Gasteiger partial charge in [0.15, 0.2) is 0 Å². The highest BCUT2D eigenvalue weighted by Crippen LogP contribution is 2.22. The fraction of sp³-hybridized carbons (Fsp3) is 0.133. The Morgan fingerprint density at radius 3 is 2.57 bits per heavy atom. The lowest BCUT2D eigenvalue weighted by Crippen LogP contribution is -2.28. The second-order valence-corrected chi connectivity index (χ2v) is 5.35. The minimum Gasteiger partial charge on any atom is -0.507 e. The molecule has 0 spiro atoms. The summed E-state index contributed by atoms with van der Waals surface area (Å²) in [6.45, 7) is -0.0452. The molecule has 0 fully saturated rings. The predicted molar refractivity (Wildman–Crippen MR) is 79.5 cm³/mol. The molecule has 0 saturated carbocycles. The number of aliphatic hydroxyl groups is 1. The van der Waals surface area contributed by atoms with Crippen molar-refractivity contribution < 1.29 is 19.4 Å². The first-order valence-electron chi connectivity index (χ1n) is 6.17. The van der Waals surface area contributed by atoms with Crippen LogP contribution in [0.15, 0.2) is 46.9 Å². The molecule has 0 heterocycles. The number of amides is 1. The van der Waals surface area contributed by atoms with E-state index in [9.17, 15) is 19.4 Å². The number of phenolic OH excluding ortho intramolecular Hbond substituents is 1. The number of nitrogens with one attached hydrogen (secondary N) is 1. The largest absolute Gasteiger partial charge is 0.507 e. The van der Waals surface area contributed by atoms with Crippen LogP contribution in [0.4, 0.5) is 4.39 Å². The van der Waals surface area contributed by atoms with Crippen molar-refractivity contribution in [2.24, 2.45) is 0 Å². The lowest BCUT2D eigenvalue weighted by molar-refractivity contribution is 0.0913. The van der Waals surface area contributed by atoms with Crippen LogP contribution in [-0.2, 0) is 0 Å². The number of phenols is 1. The van der Waals surface area contributed by atoms with Crippen LogP contribution in [0.3, 0.4) is 0 Å². The molecule has 110 valence electrons. The zero-order valence-electron chi connectivity index (χ0n) is 10.9. The first-order valence-corrected chi connectivity index (χ1v) is 6.97. The van der Waals surface area contributed by atoms with Gasteiger partial charge in [0.1, 0.15) is 11.6 Å². The fourth-order valence-electron chi connectivity index (χ4n) is 1.78. The predicted octanol–water partition coefficient (Wildman–Crippen LogP) is 2.76. The van der Waals surface area contributed by atoms with Gasteiger partial charge >= 0.3 is 0 Å². The molecule has 1 unspecified atom stereocenters. The van der Waals surface area contributed by atoms with Crippen molar-refractivity contribution in [1.82, 2.24) is 5.32 Å². The van der Waals surface area contributed by atoms with Crippen LogP contribution in [-0.4, -0.2) is 22.7 Å². The van der Waals surface area contributed by atoms with Gasteiger partial charge in [0, 0.05) is 11.0 Å². The van der Waals surface area contributed by atoms with Crippen molar-refractivity contribution in [2.75, 3.05) is 6.54 Å². The van der Waals surface area contributed by atoms with Gasteiger partial charge in [-0.15, -0.1) is 0 Å². The van der Waals surface area contributed by atoms with Gasteiger partial charge in [0.2, 0.25) is 0 Å². The molecule has 4 nitrogen and oxygen atoms in total. The first-order chi connectivity index (χ1) is 9.97. The number of aromatic hydroxyl groups is 1. The van der Waals surface area contributed by atoms with Crippen LogP contribution in [0.1, 0.15) is 22.0 Å². The van der Waals surface area contributed by atoms with E-state index in [1.807, 2.05) is 0 Å². The van der Waals surface area contributed by atoms with Gasteiger partial charge in [-0.2, -0.15) is 0 Å². The maximum Gasteiger partial charge on any atom is 0.255 e. The summed E-state index contributed by atoms with van der Waals surface area (Å²) in [5.41, 5.74) is 0.603. The van der Waals surface area contributed by atoms with Gasteiger partial charge in [-0.3, -0.25) is 4.79 Å². The molecule has 0 aliphatic heterocycles. The summed E-state index contributed by atoms with van der Waals surface area (Å²) in [5, 5.41) is 22.1. The van der Waals surface area contributed by atoms with Gasteiger partial charge in [-0.1, -0.05) is 28.1 Å². The Balaban J connectivity index is 2.00. The van der Waals surface area contributed by atoms with E-state index < -0.39 is 17.8 Å². The Bertz CT molecular complexity index is 646. The van der Waals surface area contributed by atoms with E-state index in [1.54, 1.807) is 6.07 Å². The standard InChI is InChI=1S/C15H13BrFNO3/c16-10-3-6-13(19)12(7-10)15(21)18-8-14(20)9-1-4-11(17)5-2-9/h1-7,14,19-20H,8H2,(H,18,21). The van der Waals surface area contributed by atoms with Crippen molar-refractivity contribution in [3.05, 3.63) is 63.9 Å². The molecule has 0 aromatic heterocycles. The molecule has 1 amide bonds. The van der Waals surface area contributed by atoms with E-state index in [1.165, 1.54) is 36.4 Å². The topological polar surface area (TPSA) is 69.6 Å². The summed E-state index contributed by atoms with van der Waals surface area (Å²) in [6.07, 6.45) is -0.955. The number of hydrogen-bond acceptors (Lipinski definition) is 3. The zero-order chi connectivity index (χ0) is 15.4. The molecule has 2 aromatic carbocycles. The van der Waals surface area contributed by atoms with Crippen molar-refractivity contribution >= 4 is 21.8 Å². The molecular weight excluding hydrogens is 341 g/mol. The highest BCUT2D eigenvalue weighted by molar-refractivity contribution is 9.10. The molecule has 6 heteroatoms. The van der Waals surface area contributed by atoms with Gasteiger partial charge in [-0.05, 0) is 35.9 Å². The Labute approximate surface area is 129 Å². The third-order valence-electron chi connectivity index (χ3n) is 2.91. The zero-order valence-corrected chi connectivity index (χ0v) is 12.5. The van der Waals surface area contributed by atoms with E-state index in [4.69, 9.17) is 0 Å². The summed E-state index contributed by atoms with van der Waals surface area (Å²) in [5.74, 6) is -1.05. The third kappa shape index (κ3) is 4.03. The van der Waals surface area contributed by atoms with Crippen LogP contribution >= 0.6 is 15.9 Å². The normalized spacial score (nSPS) is 12.0. The number of hydrogen-bond donors (Lipinski definition) is 3. The maximum atomic E-state index is 12.8. The summed E-state index contributed by atoms with van der Waals surface area (Å²) in [4.78, 5) is 11.9. The summed E-state index contributed by atoms with van der Waals surface area (Å²) in [6, 6.07) is 9.86. The number of carbonyl (C=O) groups excluding carboxylic acids is 1. The van der Waals surface area contributed by atoms with E-state index >= 15 is 0 Å². The monoisotopic (exact) mass is 353 g/mol. The highest BCUT2D eigenvalue weighted by Gasteiger charge is 2.14. The fourth-order valence-corrected chi connectivity index (χ4v) is 2.14. The lowest BCUT2D eigenvalue weighted by atomic mass is 10.1. The van der Waals surface area contributed by atoms with Crippen molar-refractivity contribution in [2.45, 2.75) is 6.10 Å². The minimum atomic E-state index is -0.955. The Morgan fingerprint density at radius 2 is 1.90 bits per heavy atom. The Morgan fingerprint density at radius 1 is 1.24 bits per heavy atom. The number of benzene rings is 2. The van der Waals surface area contributed by atoms with Crippen molar-refractivity contribution in [1.29, 1.82) is 0 Å². The lowest BCUT2D eigenvalue weighted by Gasteiger charge is -2.13. The molecule has 0 radical (unpaired) electrons. The molecule has 1 atom stereocenters. The third-order valence-corrected chi connectivity index (χ3v) is 3.41. The molecule has 2 aromatic rings. The summed E-state index contributed by atoms with van der Waals surface area (Å²) >= 11 is 3.21. The smallest absolute Gasteiger partial charge is 0.255 e. The molecule has 0 aliphatic rings. The van der Waals surface area contributed by atoms with Gasteiger partial charge in [-0.25, -0.2) is 4.39 Å². The van der Waals surface area contributed by atoms with Crippen LogP contribution < -0.4 is 5.32 Å². The van der Waals surface area contributed by atoms with Gasteiger partial charge in [0.05, 0.1) is 11.7 Å². The number of aliphatic hydroxyl groups excluding tert-OH is 1. The van der Waals surface area contributed by atoms with Gasteiger partial charge < -0.3 is 15.5 Å². The molecular formula is C15H13BrFNO3. The summed E-state index contributed by atoms with van der Waals surface area (Å²) < 4.78 is 13.4. The Hall–Kier alpha value is -1.92. The SMILES string of the molecule is O=C(NCC(O)c1ccc(F)cc1)c1cc(Br)ccc1O. The average molecular weight is 354 g/mol. The van der Waals surface area contributed by atoms with Crippen molar-refractivity contribution in [3.8, 4) is 5.75 Å². The number of carbonyl (C=O) groups is 1. The number of halogens is 2. The van der Waals surface area contributed by atoms with Crippen molar-refractivity contribution in [3.63, 3.8) is 0 Å². The van der Waals surface area contributed by atoms with E-state index in [0.29, 0.717) is 10.0 Å². The van der Waals surface area contributed by atoms with E-state index in [-0.39, 0.29) is 17.9 Å². The van der Waals surface area contributed by atoms with Crippen LogP contribution in [0.5, 0.6) is 5.75 Å². The molecule has 2 rings (SSSR count). The van der Waals surface area contributed by atoms with Gasteiger partial charge in [0.25, 0.3) is 5.91 Å². The van der Waals surface area contributed by atoms with Crippen LogP contribution in [0.2, 0.25) is 0 Å². The minimum absolute atomic E-state index is 0.0452. The molecule has 0 saturated heterocycles. The number of rotatable bonds is 4. The van der Waals surface area contributed by atoms with E-state index in [2.05, 4.69) is 21.2 Å². The maximum absolute atomic E-state index is 12.8. The molecule has 3 N–H and O–H groups in total. The van der Waals surface area contributed by atoms with Crippen LogP contribution in [0, 0.1) is 5.82 Å². The molecule has 0 aliphatic carbocycles. The van der Waals surface area contributed by atoms with E-state index in [0.717, 1.165) is 0 Å². The quantitative estimate of drug-likeness (QED) is 0.791. The Kier molecular flexibility index (Phi) is 4.93. The second kappa shape index (κ2) is 6.69. The summed E-state index contributed by atoms with van der Waals surface area (Å²) in [7, 11) is 0. The molecule has 0 bridgehead atoms. The van der Waals surface area contributed by atoms with Crippen LogP contribution in [0.25, 0.3) is 0 Å². The first kappa shape index (κ1) is 15.5. The molecule has 21 heavy (non-hydrogen) atoms. The average Bonchev–Trinajstić information content (AvgIpc) is 2.47. The highest BCUT2D eigenvalue weighted by atomic mass is 79.9. The second-order valence-electron chi connectivity index (χ2n) is 4.44.